The maximum absolute atomic E-state index is 12.9. The molecule has 1 amide bonds. The van der Waals surface area contributed by atoms with Crippen molar-refractivity contribution in [2.75, 3.05) is 33.4 Å². The van der Waals surface area contributed by atoms with Crippen LogP contribution in [0.1, 0.15) is 40.2 Å². The third-order valence-electron chi connectivity index (χ3n) is 6.06. The first-order valence-corrected chi connectivity index (χ1v) is 13.0. The molecule has 1 aromatic heterocycles. The Morgan fingerprint density at radius 3 is 2.80 bits per heavy atom. The van der Waals surface area contributed by atoms with Gasteiger partial charge in [-0.3, -0.25) is 9.69 Å². The molecular weight excluding hydrogens is 462 g/mol. The van der Waals surface area contributed by atoms with Crippen LogP contribution in [-0.4, -0.2) is 55.4 Å². The summed E-state index contributed by atoms with van der Waals surface area (Å²) in [7, 11) is 2.15. The van der Waals surface area contributed by atoms with E-state index in [0.717, 1.165) is 60.3 Å². The molecule has 0 bridgehead atoms. The maximum Gasteiger partial charge on any atom is 0.252 e. The van der Waals surface area contributed by atoms with Crippen molar-refractivity contribution in [3.63, 3.8) is 0 Å². The largest absolute Gasteiger partial charge is 0.492 e. The van der Waals surface area contributed by atoms with Gasteiger partial charge in [-0.05, 0) is 56.6 Å². The van der Waals surface area contributed by atoms with Gasteiger partial charge in [0.15, 0.2) is 0 Å². The molecule has 1 N–H and O–H groups in total. The molecule has 0 spiro atoms. The smallest absolute Gasteiger partial charge is 0.252 e. The van der Waals surface area contributed by atoms with Gasteiger partial charge < -0.3 is 19.3 Å². The first-order valence-electron chi connectivity index (χ1n) is 12.0. The van der Waals surface area contributed by atoms with Gasteiger partial charge in [0.05, 0.1) is 17.0 Å². The molecule has 4 rings (SSSR count). The number of benzene rings is 2. The number of likely N-dealkylation sites (N-methyl/N-ethyl adjacent to an activating group) is 1. The van der Waals surface area contributed by atoms with Crippen LogP contribution in [0.25, 0.3) is 0 Å². The van der Waals surface area contributed by atoms with Crippen molar-refractivity contribution in [2.24, 2.45) is 0 Å². The third-order valence-corrected chi connectivity index (χ3v) is 7.15. The molecule has 2 aromatic carbocycles. The van der Waals surface area contributed by atoms with E-state index in [0.29, 0.717) is 30.5 Å². The van der Waals surface area contributed by atoms with Crippen molar-refractivity contribution in [1.29, 1.82) is 0 Å². The van der Waals surface area contributed by atoms with Crippen LogP contribution in [0.5, 0.6) is 5.75 Å². The lowest BCUT2D eigenvalue weighted by Crippen LogP contribution is -2.38. The van der Waals surface area contributed by atoms with E-state index < -0.39 is 0 Å². The highest BCUT2D eigenvalue weighted by Gasteiger charge is 2.18. The van der Waals surface area contributed by atoms with E-state index in [2.05, 4.69) is 22.4 Å². The summed E-state index contributed by atoms with van der Waals surface area (Å²) in [6.07, 6.45) is 2.15. The number of thioether (sulfide) groups is 1. The van der Waals surface area contributed by atoms with Gasteiger partial charge >= 0.3 is 0 Å². The van der Waals surface area contributed by atoms with E-state index in [1.165, 1.54) is 0 Å². The summed E-state index contributed by atoms with van der Waals surface area (Å²) in [5.74, 6) is 2.12. The summed E-state index contributed by atoms with van der Waals surface area (Å²) in [6, 6.07) is 18.0. The van der Waals surface area contributed by atoms with Crippen molar-refractivity contribution in [3.05, 3.63) is 77.2 Å². The molecule has 8 heteroatoms. The molecule has 35 heavy (non-hydrogen) atoms. The molecular formula is C27H33N3O4S. The lowest BCUT2D eigenvalue weighted by atomic mass is 10.1. The minimum absolute atomic E-state index is 0.105. The van der Waals surface area contributed by atoms with Crippen molar-refractivity contribution in [3.8, 4) is 5.75 Å². The van der Waals surface area contributed by atoms with E-state index in [-0.39, 0.29) is 5.91 Å². The van der Waals surface area contributed by atoms with Gasteiger partial charge in [0.1, 0.15) is 18.1 Å². The molecule has 7 nitrogen and oxygen atoms in total. The molecule has 186 valence electrons. The van der Waals surface area contributed by atoms with Crippen molar-refractivity contribution in [1.82, 2.24) is 15.4 Å². The molecule has 1 aliphatic rings. The van der Waals surface area contributed by atoms with Gasteiger partial charge in [0, 0.05) is 43.3 Å². The number of nitrogens with one attached hydrogen (secondary N) is 1. The fraction of sp³-hybridized carbons (Fsp3) is 0.407. The monoisotopic (exact) mass is 495 g/mol. The Hall–Kier alpha value is -2.81. The number of rotatable bonds is 11. The number of nitrogens with zero attached hydrogens (tertiary/aromatic N) is 2. The lowest BCUT2D eigenvalue weighted by Gasteiger charge is -2.31. The van der Waals surface area contributed by atoms with Crippen molar-refractivity contribution >= 4 is 17.7 Å². The predicted molar refractivity (Wildman–Crippen MR) is 137 cm³/mol. The van der Waals surface area contributed by atoms with Crippen LogP contribution >= 0.6 is 11.8 Å². The zero-order valence-electron chi connectivity index (χ0n) is 20.4. The van der Waals surface area contributed by atoms with Gasteiger partial charge in [-0.25, -0.2) is 0 Å². The Morgan fingerprint density at radius 1 is 1.17 bits per heavy atom. The Bertz CT molecular complexity index is 1100. The van der Waals surface area contributed by atoms with Gasteiger partial charge in [-0.1, -0.05) is 29.4 Å². The van der Waals surface area contributed by atoms with E-state index in [1.807, 2.05) is 61.5 Å². The predicted octanol–water partition coefficient (Wildman–Crippen LogP) is 4.69. The summed E-state index contributed by atoms with van der Waals surface area (Å²) in [5, 5.41) is 6.96. The summed E-state index contributed by atoms with van der Waals surface area (Å²) in [6.45, 7) is 5.50. The molecule has 3 aromatic rings. The fourth-order valence-corrected chi connectivity index (χ4v) is 4.98. The highest BCUT2D eigenvalue weighted by molar-refractivity contribution is 7.98. The zero-order valence-corrected chi connectivity index (χ0v) is 21.2. The number of hydrogen-bond donors (Lipinski definition) is 1. The minimum Gasteiger partial charge on any atom is -0.492 e. The third kappa shape index (κ3) is 7.59. The molecule has 0 atom stereocenters. The Balaban J connectivity index is 1.26. The number of carbonyl (C=O) groups is 1. The molecule has 1 fully saturated rings. The van der Waals surface area contributed by atoms with Crippen LogP contribution in [0.15, 0.2) is 64.0 Å². The van der Waals surface area contributed by atoms with E-state index >= 15 is 0 Å². The highest BCUT2D eigenvalue weighted by Crippen LogP contribution is 2.26. The Labute approximate surface area is 211 Å². The molecule has 0 radical (unpaired) electrons. The topological polar surface area (TPSA) is 76.8 Å². The maximum atomic E-state index is 12.9. The van der Waals surface area contributed by atoms with Crippen LogP contribution in [0.4, 0.5) is 0 Å². The van der Waals surface area contributed by atoms with Crippen LogP contribution in [0.3, 0.4) is 0 Å². The lowest BCUT2D eigenvalue weighted by molar-refractivity contribution is 0.0392. The number of hydrogen-bond acceptors (Lipinski definition) is 7. The van der Waals surface area contributed by atoms with Crippen LogP contribution in [-0.2, 0) is 17.0 Å². The first-order chi connectivity index (χ1) is 17.1. The zero-order chi connectivity index (χ0) is 24.5. The van der Waals surface area contributed by atoms with Crippen molar-refractivity contribution < 1.29 is 18.8 Å². The van der Waals surface area contributed by atoms with Crippen molar-refractivity contribution in [2.45, 2.75) is 43.0 Å². The van der Waals surface area contributed by atoms with Gasteiger partial charge in [0.25, 0.3) is 5.91 Å². The number of aryl methyl sites for hydroxylation is 1. The van der Waals surface area contributed by atoms with E-state index in [4.69, 9.17) is 14.0 Å². The number of aromatic nitrogens is 1. The normalized spacial score (nSPS) is 14.3. The second-order valence-electron chi connectivity index (χ2n) is 8.72. The molecule has 0 unspecified atom stereocenters. The molecule has 1 aliphatic heterocycles. The number of amides is 1. The number of carbonyl (C=O) groups excluding carboxylic acids is 1. The average Bonchev–Trinajstić information content (AvgIpc) is 3.32. The standard InChI is InChI=1S/C27H33N3O4S/c1-20-16-24(34-29-20)19-35-26-9-4-3-8-25(26)27(31)28-18-21-6-5-7-23(17-21)33-15-12-30(2)22-10-13-32-14-11-22/h3-9,16-17,22H,10-15,18-19H2,1-2H3,(H,28,31). The molecule has 2 heterocycles. The SMILES string of the molecule is Cc1cc(CSc2ccccc2C(=O)NCc2cccc(OCCN(C)C3CCOCC3)c2)on1. The van der Waals surface area contributed by atoms with Crippen LogP contribution in [0.2, 0.25) is 0 Å². The van der Waals surface area contributed by atoms with Gasteiger partial charge in [0.2, 0.25) is 0 Å². The van der Waals surface area contributed by atoms with Crippen LogP contribution in [0, 0.1) is 6.92 Å². The van der Waals surface area contributed by atoms with E-state index in [1.54, 1.807) is 11.8 Å². The molecule has 1 saturated heterocycles. The Morgan fingerprint density at radius 2 is 2.00 bits per heavy atom. The summed E-state index contributed by atoms with van der Waals surface area (Å²) in [4.78, 5) is 16.2. The Kier molecular flexibility index (Phi) is 9.22. The second-order valence-corrected chi connectivity index (χ2v) is 9.74. The average molecular weight is 496 g/mol. The van der Waals surface area contributed by atoms with Gasteiger partial charge in [-0.2, -0.15) is 0 Å². The molecule has 0 saturated carbocycles. The highest BCUT2D eigenvalue weighted by atomic mass is 32.2. The first kappa shape index (κ1) is 25.3. The fourth-order valence-electron chi connectivity index (χ4n) is 4.05. The number of ether oxygens (including phenoxy) is 2. The second kappa shape index (κ2) is 12.8. The quantitative estimate of drug-likeness (QED) is 0.387. The van der Waals surface area contributed by atoms with Crippen LogP contribution < -0.4 is 10.1 Å². The van der Waals surface area contributed by atoms with E-state index in [9.17, 15) is 4.79 Å². The molecule has 0 aliphatic carbocycles. The summed E-state index contributed by atoms with van der Waals surface area (Å²) in [5.41, 5.74) is 2.50. The summed E-state index contributed by atoms with van der Waals surface area (Å²) < 4.78 is 16.7. The minimum atomic E-state index is -0.105. The van der Waals surface area contributed by atoms with Gasteiger partial charge in [-0.15, -0.1) is 11.8 Å². The summed E-state index contributed by atoms with van der Waals surface area (Å²) >= 11 is 1.56.